The second kappa shape index (κ2) is 11.1. The van der Waals surface area contributed by atoms with Crippen molar-refractivity contribution in [3.05, 3.63) is 144 Å². The van der Waals surface area contributed by atoms with Gasteiger partial charge in [0.05, 0.1) is 18.2 Å². The zero-order valence-electron chi connectivity index (χ0n) is 25.3. The normalized spacial score (nSPS) is 18.5. The molecule has 7 rings (SSSR count). The van der Waals surface area contributed by atoms with Crippen LogP contribution < -0.4 is 0 Å². The van der Waals surface area contributed by atoms with Crippen LogP contribution in [-0.2, 0) is 10.2 Å². The second-order valence-corrected chi connectivity index (χ2v) is 11.6. The Morgan fingerprint density at radius 3 is 2.30 bits per heavy atom. The molecule has 2 unspecified atom stereocenters. The summed E-state index contributed by atoms with van der Waals surface area (Å²) in [5.41, 5.74) is 5.74. The summed E-state index contributed by atoms with van der Waals surface area (Å²) < 4.78 is 12.1. The number of benzene rings is 5. The number of aryl methyl sites for hydroxylation is 1. The highest BCUT2D eigenvalue weighted by Gasteiger charge is 2.37. The molecule has 6 aromatic rings. The number of aromatic nitrogens is 2. The van der Waals surface area contributed by atoms with Crippen LogP contribution in [0.2, 0.25) is 0 Å². The molecule has 2 atom stereocenters. The van der Waals surface area contributed by atoms with Crippen molar-refractivity contribution in [1.29, 1.82) is 0 Å². The molecule has 0 amide bonds. The van der Waals surface area contributed by atoms with Crippen LogP contribution >= 0.6 is 0 Å². The predicted molar refractivity (Wildman–Crippen MR) is 179 cm³/mol. The van der Waals surface area contributed by atoms with Gasteiger partial charge in [0.1, 0.15) is 0 Å². The van der Waals surface area contributed by atoms with Gasteiger partial charge in [-0.05, 0) is 82.3 Å². The molecule has 5 aromatic carbocycles. The number of nitrogens with zero attached hydrogens (tertiary/aromatic N) is 3. The Labute approximate surface area is 257 Å². The largest absolute Gasteiger partial charge is 0.481 e. The molecule has 0 radical (unpaired) electrons. The Kier molecular flexibility index (Phi) is 6.94. The van der Waals surface area contributed by atoms with Crippen LogP contribution in [0.4, 0.5) is 5.69 Å². The van der Waals surface area contributed by atoms with E-state index in [4.69, 9.17) is 14.1 Å². The summed E-state index contributed by atoms with van der Waals surface area (Å²) in [7, 11) is 1.68. The monoisotopic (exact) mass is 575 g/mol. The van der Waals surface area contributed by atoms with Crippen molar-refractivity contribution in [3.63, 3.8) is 0 Å². The lowest BCUT2D eigenvalue weighted by Crippen LogP contribution is -2.29. The van der Waals surface area contributed by atoms with Gasteiger partial charge in [-0.3, -0.25) is 0 Å². The summed E-state index contributed by atoms with van der Waals surface area (Å²) in [6.07, 6.45) is 6.64. The Bertz CT molecular complexity index is 2110. The van der Waals surface area contributed by atoms with Crippen LogP contribution in [0.15, 0.2) is 131 Å². The van der Waals surface area contributed by atoms with E-state index >= 15 is 0 Å². The lowest BCUT2D eigenvalue weighted by molar-refractivity contribution is 0.347. The van der Waals surface area contributed by atoms with Gasteiger partial charge in [-0.25, -0.2) is 4.99 Å². The van der Waals surface area contributed by atoms with E-state index in [0.717, 1.165) is 55.1 Å². The number of hydrogen-bond donors (Lipinski definition) is 0. The zero-order chi connectivity index (χ0) is 30.3. The Morgan fingerprint density at radius 1 is 0.841 bits per heavy atom. The number of allylic oxidation sites excluding steroid dienone is 4. The van der Waals surface area contributed by atoms with E-state index in [9.17, 15) is 0 Å². The number of methoxy groups -OCH3 is 1. The van der Waals surface area contributed by atoms with Crippen LogP contribution in [0.25, 0.3) is 38.6 Å². The number of ether oxygens (including phenoxy) is 1. The number of fused-ring (bicyclic) bond motifs is 2. The summed E-state index contributed by atoms with van der Waals surface area (Å²) >= 11 is 0. The van der Waals surface area contributed by atoms with E-state index < -0.39 is 5.41 Å². The molecule has 0 fully saturated rings. The average molecular weight is 576 g/mol. The van der Waals surface area contributed by atoms with E-state index in [0.29, 0.717) is 17.7 Å². The second-order valence-electron chi connectivity index (χ2n) is 11.6. The first-order chi connectivity index (χ1) is 21.4. The van der Waals surface area contributed by atoms with E-state index in [-0.39, 0.29) is 5.92 Å². The molecular weight excluding hydrogens is 542 g/mol. The molecule has 44 heavy (non-hydrogen) atoms. The van der Waals surface area contributed by atoms with Gasteiger partial charge in [0.2, 0.25) is 17.7 Å². The van der Waals surface area contributed by atoms with Crippen molar-refractivity contribution in [2.75, 3.05) is 7.11 Å². The molecule has 0 spiro atoms. The Balaban J connectivity index is 1.15. The fourth-order valence-corrected chi connectivity index (χ4v) is 6.03. The molecule has 1 heterocycles. The highest BCUT2D eigenvalue weighted by atomic mass is 16.5. The SMILES string of the molecule is COC(=Nc1ccc(C2=CC(C)C(C)(c3nnc(-c4cccc5ccccc45)o3)C=C2)cc1C)c1cccc2ccccc12. The standard InChI is InChI=1S/C39H33N3O2/c1-25-23-29(19-20-35(25)40-36(43-4)33-17-9-13-27-11-5-7-15-31(27)33)30-21-22-39(3,26(2)24-30)38-42-41-37(44-38)34-18-10-14-28-12-6-8-16-32(28)34/h5-24,26H,1-4H3. The molecule has 0 saturated carbocycles. The van der Waals surface area contributed by atoms with Gasteiger partial charge >= 0.3 is 0 Å². The third kappa shape index (κ3) is 4.80. The third-order valence-corrected chi connectivity index (χ3v) is 8.86. The molecule has 5 heteroatoms. The van der Waals surface area contributed by atoms with Crippen molar-refractivity contribution in [2.45, 2.75) is 26.2 Å². The molecule has 1 aliphatic carbocycles. The van der Waals surface area contributed by atoms with Crippen LogP contribution in [-0.4, -0.2) is 23.2 Å². The third-order valence-electron chi connectivity index (χ3n) is 8.86. The molecule has 5 nitrogen and oxygen atoms in total. The average Bonchev–Trinajstić information content (AvgIpc) is 3.56. The summed E-state index contributed by atoms with van der Waals surface area (Å²) in [6.45, 7) is 6.45. The van der Waals surface area contributed by atoms with Gasteiger partial charge in [-0.1, -0.05) is 104 Å². The fraction of sp³-hybridized carbons (Fsp3) is 0.154. The smallest absolute Gasteiger partial charge is 0.248 e. The lowest BCUT2D eigenvalue weighted by atomic mass is 9.73. The maximum absolute atomic E-state index is 6.35. The van der Waals surface area contributed by atoms with Gasteiger partial charge in [-0.15, -0.1) is 10.2 Å². The van der Waals surface area contributed by atoms with Gasteiger partial charge in [0.15, 0.2) is 0 Å². The van der Waals surface area contributed by atoms with Gasteiger partial charge in [0, 0.05) is 11.1 Å². The number of rotatable bonds is 5. The van der Waals surface area contributed by atoms with E-state index in [1.807, 2.05) is 42.5 Å². The molecule has 0 bridgehead atoms. The first-order valence-electron chi connectivity index (χ1n) is 14.9. The van der Waals surface area contributed by atoms with Crippen LogP contribution in [0.5, 0.6) is 0 Å². The van der Waals surface area contributed by atoms with E-state index in [1.54, 1.807) is 7.11 Å². The van der Waals surface area contributed by atoms with Crippen molar-refractivity contribution >= 4 is 38.7 Å². The maximum atomic E-state index is 6.35. The molecular formula is C39H33N3O2. The number of hydrogen-bond acceptors (Lipinski definition) is 5. The van der Waals surface area contributed by atoms with Crippen molar-refractivity contribution in [1.82, 2.24) is 10.2 Å². The Morgan fingerprint density at radius 2 is 1.55 bits per heavy atom. The highest BCUT2D eigenvalue weighted by molar-refractivity contribution is 6.08. The van der Waals surface area contributed by atoms with Crippen LogP contribution in [0.1, 0.15) is 36.4 Å². The molecule has 1 aliphatic rings. The molecule has 0 aliphatic heterocycles. The summed E-state index contributed by atoms with van der Waals surface area (Å²) in [6, 6.07) is 35.3. The molecule has 0 N–H and O–H groups in total. The zero-order valence-corrected chi connectivity index (χ0v) is 25.3. The maximum Gasteiger partial charge on any atom is 0.248 e. The lowest BCUT2D eigenvalue weighted by Gasteiger charge is -2.31. The quantitative estimate of drug-likeness (QED) is 0.152. The first kappa shape index (κ1) is 27.5. The van der Waals surface area contributed by atoms with Gasteiger partial charge in [0.25, 0.3) is 0 Å². The van der Waals surface area contributed by atoms with Crippen molar-refractivity contribution in [2.24, 2.45) is 10.9 Å². The first-order valence-corrected chi connectivity index (χ1v) is 14.9. The van der Waals surface area contributed by atoms with Crippen LogP contribution in [0.3, 0.4) is 0 Å². The van der Waals surface area contributed by atoms with E-state index in [1.165, 1.54) is 0 Å². The minimum atomic E-state index is -0.426. The van der Waals surface area contributed by atoms with Crippen LogP contribution in [0, 0.1) is 12.8 Å². The minimum Gasteiger partial charge on any atom is -0.481 e. The highest BCUT2D eigenvalue weighted by Crippen LogP contribution is 2.41. The molecule has 216 valence electrons. The van der Waals surface area contributed by atoms with Crippen molar-refractivity contribution < 1.29 is 9.15 Å². The predicted octanol–water partition coefficient (Wildman–Crippen LogP) is 9.62. The van der Waals surface area contributed by atoms with E-state index in [2.05, 4.69) is 110 Å². The summed E-state index contributed by atoms with van der Waals surface area (Å²) in [5.74, 6) is 1.88. The Hall–Kier alpha value is -5.29. The fourth-order valence-electron chi connectivity index (χ4n) is 6.03. The van der Waals surface area contributed by atoms with Crippen molar-refractivity contribution in [3.8, 4) is 11.5 Å². The van der Waals surface area contributed by atoms with Gasteiger partial charge in [-0.2, -0.15) is 0 Å². The minimum absolute atomic E-state index is 0.132. The topological polar surface area (TPSA) is 60.5 Å². The van der Waals surface area contributed by atoms with Gasteiger partial charge < -0.3 is 9.15 Å². The number of aliphatic imine (C=N–C) groups is 1. The summed E-state index contributed by atoms with van der Waals surface area (Å²) in [4.78, 5) is 4.94. The molecule has 1 aromatic heterocycles. The molecule has 0 saturated heterocycles. The summed E-state index contributed by atoms with van der Waals surface area (Å²) in [5, 5.41) is 13.5.